The van der Waals surface area contributed by atoms with Crippen molar-refractivity contribution in [2.45, 2.75) is 13.0 Å². The van der Waals surface area contributed by atoms with Crippen LogP contribution in [0.3, 0.4) is 0 Å². The number of ether oxygens (including phenoxy) is 1. The van der Waals surface area contributed by atoms with Crippen molar-refractivity contribution in [3.63, 3.8) is 0 Å². The summed E-state index contributed by atoms with van der Waals surface area (Å²) in [6.07, 6.45) is 0.915. The highest BCUT2D eigenvalue weighted by molar-refractivity contribution is 6.28. The second-order valence-electron chi connectivity index (χ2n) is 3.94. The molecule has 0 unspecified atom stereocenters. The van der Waals surface area contributed by atoms with Gasteiger partial charge >= 0.3 is 0 Å². The van der Waals surface area contributed by atoms with Crippen molar-refractivity contribution < 1.29 is 9.15 Å². The monoisotopic (exact) mass is 265 g/mol. The van der Waals surface area contributed by atoms with Crippen LogP contribution in [0.25, 0.3) is 0 Å². The van der Waals surface area contributed by atoms with Crippen molar-refractivity contribution in [1.29, 1.82) is 0 Å². The molecule has 96 valence electrons. The fourth-order valence-corrected chi connectivity index (χ4v) is 1.95. The van der Waals surface area contributed by atoms with E-state index in [4.69, 9.17) is 20.8 Å². The van der Waals surface area contributed by atoms with Crippen LogP contribution in [-0.2, 0) is 13.0 Å². The third-order valence-electron chi connectivity index (χ3n) is 2.69. The number of furan rings is 1. The standard InChI is InChI=1S/C14H16ClNO2/c1-17-13-5-3-2-4-11(13)8-9-16-10-12-6-7-14(15)18-12/h2-7,16H,8-10H2,1H3. The molecule has 2 aromatic rings. The minimum atomic E-state index is 0.427. The Labute approximate surface area is 112 Å². The highest BCUT2D eigenvalue weighted by Crippen LogP contribution is 2.17. The minimum Gasteiger partial charge on any atom is -0.496 e. The molecule has 2 rings (SSSR count). The number of methoxy groups -OCH3 is 1. The van der Waals surface area contributed by atoms with Gasteiger partial charge < -0.3 is 14.5 Å². The molecule has 1 heterocycles. The summed E-state index contributed by atoms with van der Waals surface area (Å²) in [6, 6.07) is 11.7. The van der Waals surface area contributed by atoms with E-state index in [-0.39, 0.29) is 0 Å². The van der Waals surface area contributed by atoms with Gasteiger partial charge in [-0.1, -0.05) is 18.2 Å². The van der Waals surface area contributed by atoms with E-state index in [9.17, 15) is 0 Å². The molecule has 0 amide bonds. The van der Waals surface area contributed by atoms with Gasteiger partial charge in [0.15, 0.2) is 5.22 Å². The largest absolute Gasteiger partial charge is 0.496 e. The average Bonchev–Trinajstić information content (AvgIpc) is 2.81. The van der Waals surface area contributed by atoms with Crippen molar-refractivity contribution in [2.24, 2.45) is 0 Å². The molecule has 0 radical (unpaired) electrons. The Hall–Kier alpha value is -1.45. The summed E-state index contributed by atoms with van der Waals surface area (Å²) < 4.78 is 10.6. The quantitative estimate of drug-likeness (QED) is 0.814. The lowest BCUT2D eigenvalue weighted by Crippen LogP contribution is -2.16. The van der Waals surface area contributed by atoms with Gasteiger partial charge in [0.1, 0.15) is 11.5 Å². The smallest absolute Gasteiger partial charge is 0.193 e. The van der Waals surface area contributed by atoms with E-state index in [1.54, 1.807) is 13.2 Å². The van der Waals surface area contributed by atoms with Gasteiger partial charge in [0, 0.05) is 0 Å². The molecule has 0 aliphatic heterocycles. The topological polar surface area (TPSA) is 34.4 Å². The Bertz CT molecular complexity index is 496. The van der Waals surface area contributed by atoms with Crippen molar-refractivity contribution in [3.8, 4) is 5.75 Å². The van der Waals surface area contributed by atoms with Crippen molar-refractivity contribution >= 4 is 11.6 Å². The van der Waals surface area contributed by atoms with Crippen molar-refractivity contribution in [2.75, 3.05) is 13.7 Å². The first-order valence-corrected chi connectivity index (χ1v) is 6.24. The number of nitrogens with one attached hydrogen (secondary N) is 1. The number of benzene rings is 1. The Morgan fingerprint density at radius 1 is 1.22 bits per heavy atom. The lowest BCUT2D eigenvalue weighted by atomic mass is 10.1. The Balaban J connectivity index is 1.78. The Kier molecular flexibility index (Phi) is 4.67. The molecule has 4 heteroatoms. The predicted octanol–water partition coefficient (Wildman–Crippen LogP) is 3.27. The molecule has 0 aliphatic carbocycles. The van der Waals surface area contributed by atoms with E-state index >= 15 is 0 Å². The fraction of sp³-hybridized carbons (Fsp3) is 0.286. The summed E-state index contributed by atoms with van der Waals surface area (Å²) in [5.41, 5.74) is 1.20. The number of hydrogen-bond donors (Lipinski definition) is 1. The van der Waals surface area contributed by atoms with Gasteiger partial charge in [-0.25, -0.2) is 0 Å². The second kappa shape index (κ2) is 6.47. The van der Waals surface area contributed by atoms with Crippen LogP contribution >= 0.6 is 11.6 Å². The van der Waals surface area contributed by atoms with Crippen molar-refractivity contribution in [1.82, 2.24) is 5.32 Å². The molecular formula is C14H16ClNO2. The van der Waals surface area contributed by atoms with Crippen LogP contribution in [-0.4, -0.2) is 13.7 Å². The maximum atomic E-state index is 5.70. The molecule has 0 spiro atoms. The van der Waals surface area contributed by atoms with E-state index in [2.05, 4.69) is 11.4 Å². The van der Waals surface area contributed by atoms with Crippen LogP contribution in [0.15, 0.2) is 40.8 Å². The average molecular weight is 266 g/mol. The molecule has 1 aromatic heterocycles. The van der Waals surface area contributed by atoms with Crippen molar-refractivity contribution in [3.05, 3.63) is 52.9 Å². The Morgan fingerprint density at radius 3 is 2.78 bits per heavy atom. The van der Waals surface area contributed by atoms with Crippen LogP contribution in [0.2, 0.25) is 5.22 Å². The molecule has 0 aliphatic rings. The summed E-state index contributed by atoms with van der Waals surface area (Å²) in [7, 11) is 1.69. The first-order chi connectivity index (χ1) is 8.79. The number of para-hydroxylation sites is 1. The van der Waals surface area contributed by atoms with Crippen LogP contribution in [0, 0.1) is 0 Å². The SMILES string of the molecule is COc1ccccc1CCNCc1ccc(Cl)o1. The van der Waals surface area contributed by atoms with Gasteiger partial charge in [0.25, 0.3) is 0 Å². The maximum absolute atomic E-state index is 5.70. The molecule has 1 aromatic carbocycles. The highest BCUT2D eigenvalue weighted by Gasteiger charge is 2.02. The third kappa shape index (κ3) is 3.52. The Morgan fingerprint density at radius 2 is 2.06 bits per heavy atom. The summed E-state index contributed by atoms with van der Waals surface area (Å²) in [6.45, 7) is 1.54. The van der Waals surface area contributed by atoms with Crippen LogP contribution in [0.1, 0.15) is 11.3 Å². The predicted molar refractivity (Wildman–Crippen MR) is 72.1 cm³/mol. The number of halogens is 1. The maximum Gasteiger partial charge on any atom is 0.193 e. The first kappa shape index (κ1) is 13.0. The number of rotatable bonds is 6. The fourth-order valence-electron chi connectivity index (χ4n) is 1.79. The molecule has 0 fully saturated rings. The zero-order valence-electron chi connectivity index (χ0n) is 10.3. The summed E-state index contributed by atoms with van der Waals surface area (Å²) >= 11 is 5.70. The van der Waals surface area contributed by atoms with Gasteiger partial charge in [-0.05, 0) is 48.3 Å². The lowest BCUT2D eigenvalue weighted by Gasteiger charge is -2.08. The first-order valence-electron chi connectivity index (χ1n) is 5.86. The summed E-state index contributed by atoms with van der Waals surface area (Å²) in [5, 5.41) is 3.73. The molecule has 1 N–H and O–H groups in total. The van der Waals surface area contributed by atoms with E-state index in [0.717, 1.165) is 24.5 Å². The second-order valence-corrected chi connectivity index (χ2v) is 4.32. The molecule has 0 bridgehead atoms. The van der Waals surface area contributed by atoms with Crippen LogP contribution in [0.4, 0.5) is 0 Å². The molecule has 0 saturated carbocycles. The third-order valence-corrected chi connectivity index (χ3v) is 2.89. The van der Waals surface area contributed by atoms with Gasteiger partial charge in [0.2, 0.25) is 0 Å². The van der Waals surface area contributed by atoms with Gasteiger partial charge in [-0.15, -0.1) is 0 Å². The molecule has 18 heavy (non-hydrogen) atoms. The number of hydrogen-bond acceptors (Lipinski definition) is 3. The van der Waals surface area contributed by atoms with E-state index < -0.39 is 0 Å². The van der Waals surface area contributed by atoms with E-state index in [1.807, 2.05) is 24.3 Å². The van der Waals surface area contributed by atoms with Crippen LogP contribution in [0.5, 0.6) is 5.75 Å². The van der Waals surface area contributed by atoms with Gasteiger partial charge in [-0.2, -0.15) is 0 Å². The molecule has 3 nitrogen and oxygen atoms in total. The highest BCUT2D eigenvalue weighted by atomic mass is 35.5. The summed E-state index contributed by atoms with van der Waals surface area (Å²) in [5.74, 6) is 1.78. The van der Waals surface area contributed by atoms with E-state index in [1.165, 1.54) is 5.56 Å². The lowest BCUT2D eigenvalue weighted by molar-refractivity contribution is 0.408. The molecular weight excluding hydrogens is 250 g/mol. The zero-order valence-corrected chi connectivity index (χ0v) is 11.0. The normalized spacial score (nSPS) is 10.6. The zero-order chi connectivity index (χ0) is 12.8. The van der Waals surface area contributed by atoms with E-state index in [0.29, 0.717) is 11.8 Å². The summed E-state index contributed by atoms with van der Waals surface area (Å²) in [4.78, 5) is 0. The van der Waals surface area contributed by atoms with Gasteiger partial charge in [-0.3, -0.25) is 0 Å². The molecule has 0 atom stereocenters. The van der Waals surface area contributed by atoms with Crippen LogP contribution < -0.4 is 10.1 Å². The minimum absolute atomic E-state index is 0.427. The van der Waals surface area contributed by atoms with Gasteiger partial charge in [0.05, 0.1) is 13.7 Å². The molecule has 0 saturated heterocycles.